The van der Waals surface area contributed by atoms with Crippen LogP contribution in [0.4, 0.5) is 0 Å². The summed E-state index contributed by atoms with van der Waals surface area (Å²) in [5, 5.41) is 9.61. The van der Waals surface area contributed by atoms with E-state index >= 15 is 0 Å². The summed E-state index contributed by atoms with van der Waals surface area (Å²) in [5.41, 5.74) is 1.95. The van der Waals surface area contributed by atoms with Crippen LogP contribution in [0, 0.1) is 13.8 Å². The average molecular weight is 783 g/mol. The highest BCUT2D eigenvalue weighted by Gasteiger charge is 2.51. The zero-order chi connectivity index (χ0) is 35.9. The molecule has 13 nitrogen and oxygen atoms in total. The van der Waals surface area contributed by atoms with E-state index in [4.69, 9.17) is 38.1 Å². The summed E-state index contributed by atoms with van der Waals surface area (Å²) in [6.45, 7) is 5.21. The lowest BCUT2D eigenvalue weighted by molar-refractivity contribution is -0.202. The highest BCUT2D eigenvalue weighted by Crippen LogP contribution is 2.34. The molecule has 0 amide bonds. The molecule has 5 aliphatic rings. The first-order valence-corrected chi connectivity index (χ1v) is 21.7. The van der Waals surface area contributed by atoms with Gasteiger partial charge in [-0.1, -0.05) is 51.4 Å². The van der Waals surface area contributed by atoms with E-state index in [0.29, 0.717) is 21.2 Å². The number of aliphatic hydroxyl groups is 1. The molecule has 7 rings (SSSR count). The number of aryl methyl sites for hydroxylation is 2. The van der Waals surface area contributed by atoms with E-state index in [2.05, 4.69) is 8.02 Å². The topological polar surface area (TPSA) is 162 Å². The third-order valence-corrected chi connectivity index (χ3v) is 11.2. The third-order valence-electron chi connectivity index (χ3n) is 8.53. The predicted molar refractivity (Wildman–Crippen MR) is 184 cm³/mol. The van der Waals surface area contributed by atoms with Crippen molar-refractivity contribution in [2.45, 2.75) is 98.0 Å². The Labute approximate surface area is 296 Å². The third kappa shape index (κ3) is 10.0. The van der Waals surface area contributed by atoms with Crippen LogP contribution in [-0.4, -0.2) is 111 Å². The molecule has 1 N–H and O–H groups in total. The molecule has 49 heavy (non-hydrogen) atoms. The van der Waals surface area contributed by atoms with Crippen LogP contribution in [-0.2, 0) is 67.1 Å². The van der Waals surface area contributed by atoms with Crippen molar-refractivity contribution < 1.29 is 58.7 Å². The molecule has 0 aromatic heterocycles. The first kappa shape index (κ1) is 37.6. The van der Waals surface area contributed by atoms with Crippen molar-refractivity contribution in [3.63, 3.8) is 0 Å². The quantitative estimate of drug-likeness (QED) is 0.307. The Morgan fingerprint density at radius 2 is 1.16 bits per heavy atom. The molecule has 5 fully saturated rings. The van der Waals surface area contributed by atoms with Gasteiger partial charge in [0, 0.05) is 6.61 Å². The van der Waals surface area contributed by atoms with E-state index < -0.39 is 56.9 Å². The van der Waals surface area contributed by atoms with Crippen molar-refractivity contribution in [2.75, 3.05) is 33.0 Å². The molecule has 272 valence electrons. The number of fused-ring (bicyclic) bond motifs is 2. The highest BCUT2D eigenvalue weighted by molar-refractivity contribution is 8.17. The van der Waals surface area contributed by atoms with Gasteiger partial charge < -0.3 is 33.5 Å². The molecule has 0 aliphatic carbocycles. The number of hydrogen-bond donors (Lipinski definition) is 1. The molecule has 1 unspecified atom stereocenters. The molecule has 5 heterocycles. The molecule has 5 aliphatic heterocycles. The molecule has 0 spiro atoms. The SMILES string of the molecule is Cc1ccc(S(=O)(=O)O[C@H]2CO[C@H]3[C@@H]2OC[C@H]3O)cc1.Cc1ccc(S(=O)(=O)O[C@H]2CO[C@H]3[C@@H]2OC[C@H]3OC2CCCCO2)cc1.[3H]P=S=P. The van der Waals surface area contributed by atoms with Gasteiger partial charge in [0.2, 0.25) is 0 Å². The number of rotatable bonds is 8. The lowest BCUT2D eigenvalue weighted by atomic mass is 10.1. The van der Waals surface area contributed by atoms with E-state index in [1.807, 2.05) is 13.8 Å². The fourth-order valence-corrected chi connectivity index (χ4v) is 8.16. The summed E-state index contributed by atoms with van der Waals surface area (Å²) in [7, 11) is -2.84. The Kier molecular flexibility index (Phi) is 13.4. The van der Waals surface area contributed by atoms with Crippen LogP contribution in [0.5, 0.6) is 0 Å². The van der Waals surface area contributed by atoms with E-state index in [1.54, 1.807) is 36.4 Å². The monoisotopic (exact) mass is 782 g/mol. The molecular weight excluding hydrogens is 738 g/mol. The molecule has 0 bridgehead atoms. The standard InChI is InChI=1S/C18H24O7S.C13H16O6S.H2P2S/c1-12-5-7-13(8-6-12)26(19,20)25-15-11-23-17-14(10-22-18(15)17)24-16-4-2-3-9-21-16;1-8-2-4-9(5-3-8)20(15,16)19-11-7-18-12-10(14)6-17-13(11)12;1-3-2/h5-8,14-18H,2-4,9-11H2,1H3;2-5,10-14H,6-7H2,1H3;1-2H/t14-,15+,16?,17-,18-;10-,11+,12-,13-;/m11./s1/i;;1T. The minimum Gasteiger partial charge on any atom is -0.388 e. The zero-order valence-corrected chi connectivity index (χ0v) is 31.3. The van der Waals surface area contributed by atoms with Crippen molar-refractivity contribution in [1.82, 2.24) is 0 Å². The van der Waals surface area contributed by atoms with Crippen LogP contribution < -0.4 is 0 Å². The molecule has 2 aromatic carbocycles. The van der Waals surface area contributed by atoms with E-state index in [9.17, 15) is 21.9 Å². The van der Waals surface area contributed by atoms with Gasteiger partial charge >= 0.3 is 0 Å². The summed E-state index contributed by atoms with van der Waals surface area (Å²) >= 11 is 0. The van der Waals surface area contributed by atoms with Gasteiger partial charge in [-0.2, -0.15) is 16.8 Å². The Balaban J connectivity index is 0.000000181. The van der Waals surface area contributed by atoms with Gasteiger partial charge in [-0.25, -0.2) is 0 Å². The predicted octanol–water partition coefficient (Wildman–Crippen LogP) is 3.19. The fourth-order valence-electron chi connectivity index (χ4n) is 6.01. The summed E-state index contributed by atoms with van der Waals surface area (Å²) in [5.74, 6) is 0. The summed E-state index contributed by atoms with van der Waals surface area (Å²) in [6, 6.07) is 13.0. The first-order chi connectivity index (χ1) is 23.9. The molecule has 0 saturated carbocycles. The summed E-state index contributed by atoms with van der Waals surface area (Å²) in [6.07, 6.45) is -1.47. The normalized spacial score (nSPS) is 32.6. The summed E-state index contributed by atoms with van der Waals surface area (Å²) in [4.78, 5) is 0.234. The van der Waals surface area contributed by atoms with Crippen LogP contribution in [0.2, 0.25) is 0 Å². The van der Waals surface area contributed by atoms with Crippen LogP contribution in [0.3, 0.4) is 0 Å². The first-order valence-electron chi connectivity index (χ1n) is 16.2. The molecule has 2 aromatic rings. The smallest absolute Gasteiger partial charge is 0.297 e. The zero-order valence-electron chi connectivity index (χ0n) is 28.0. The number of aliphatic hydroxyl groups excluding tert-OH is 1. The van der Waals surface area contributed by atoms with Gasteiger partial charge in [-0.15, -0.1) is 10.1 Å². The van der Waals surface area contributed by atoms with Crippen LogP contribution >= 0.6 is 16.0 Å². The van der Waals surface area contributed by atoms with Crippen molar-refractivity contribution in [3.8, 4) is 0 Å². The minimum atomic E-state index is -3.87. The molecule has 0 radical (unpaired) electrons. The Morgan fingerprint density at radius 3 is 1.65 bits per heavy atom. The lowest BCUT2D eigenvalue weighted by Gasteiger charge is -2.27. The van der Waals surface area contributed by atoms with Gasteiger partial charge in [0.1, 0.15) is 50.1 Å². The van der Waals surface area contributed by atoms with Crippen molar-refractivity contribution in [1.29, 1.82) is 1.28 Å². The average Bonchev–Trinajstić information content (AvgIpc) is 3.88. The Hall–Kier alpha value is -1.20. The minimum absolute atomic E-state index is 0.0947. The van der Waals surface area contributed by atoms with Gasteiger partial charge in [0.25, 0.3) is 20.2 Å². The Bertz CT molecular complexity index is 1670. The second kappa shape index (κ2) is 17.5. The van der Waals surface area contributed by atoms with Crippen LogP contribution in [0.25, 0.3) is 0 Å². The second-order valence-electron chi connectivity index (χ2n) is 12.1. The van der Waals surface area contributed by atoms with Gasteiger partial charge in [0.05, 0.1) is 36.2 Å². The second-order valence-corrected chi connectivity index (χ2v) is 17.6. The number of benzene rings is 2. The highest BCUT2D eigenvalue weighted by atomic mass is 32.7. The lowest BCUT2D eigenvalue weighted by Crippen LogP contribution is -2.38. The van der Waals surface area contributed by atoms with Crippen molar-refractivity contribution >= 4 is 46.3 Å². The van der Waals surface area contributed by atoms with Crippen LogP contribution in [0.15, 0.2) is 58.3 Å². The fraction of sp³-hybridized carbons (Fsp3) is 0.613. The Morgan fingerprint density at radius 1 is 0.714 bits per heavy atom. The van der Waals surface area contributed by atoms with Gasteiger partial charge in [-0.05, 0) is 57.4 Å². The number of hydrogen-bond acceptors (Lipinski definition) is 13. The molecular formula is C31H42O13P2S3. The van der Waals surface area contributed by atoms with E-state index in [1.165, 1.54) is 22.3 Å². The van der Waals surface area contributed by atoms with Crippen LogP contribution in [0.1, 0.15) is 30.4 Å². The number of ether oxygens (including phenoxy) is 6. The maximum Gasteiger partial charge on any atom is 0.297 e. The summed E-state index contributed by atoms with van der Waals surface area (Å²) < 4.78 is 100. The van der Waals surface area contributed by atoms with Gasteiger partial charge in [0.15, 0.2) is 6.29 Å². The maximum atomic E-state index is 12.5. The molecule has 9 atom stereocenters. The van der Waals surface area contributed by atoms with Crippen molar-refractivity contribution in [2.24, 2.45) is 0 Å². The molecule has 18 heteroatoms. The largest absolute Gasteiger partial charge is 0.388 e. The van der Waals surface area contributed by atoms with E-state index in [0.717, 1.165) is 30.4 Å². The van der Waals surface area contributed by atoms with Gasteiger partial charge in [-0.3, -0.25) is 8.37 Å². The molecule has 5 saturated heterocycles. The van der Waals surface area contributed by atoms with Crippen molar-refractivity contribution in [3.05, 3.63) is 59.7 Å². The van der Waals surface area contributed by atoms with E-state index in [-0.39, 0.29) is 48.1 Å². The maximum absolute atomic E-state index is 12.5.